The molecule has 0 aliphatic carbocycles. The van der Waals surface area contributed by atoms with Crippen molar-refractivity contribution in [2.45, 2.75) is 25.8 Å². The molecule has 0 fully saturated rings. The zero-order valence-corrected chi connectivity index (χ0v) is 16.8. The van der Waals surface area contributed by atoms with Crippen molar-refractivity contribution in [2.75, 3.05) is 7.11 Å². The Morgan fingerprint density at radius 1 is 1.24 bits per heavy atom. The number of amides is 1. The molecule has 7 heteroatoms. The van der Waals surface area contributed by atoms with Crippen LogP contribution < -0.4 is 4.74 Å². The van der Waals surface area contributed by atoms with Gasteiger partial charge in [-0.1, -0.05) is 30.7 Å². The zero-order valence-electron chi connectivity index (χ0n) is 16.0. The van der Waals surface area contributed by atoms with E-state index in [0.29, 0.717) is 35.0 Å². The van der Waals surface area contributed by atoms with Crippen molar-refractivity contribution in [3.8, 4) is 5.75 Å². The maximum atomic E-state index is 13.3. The molecule has 1 atom stereocenters. The highest BCUT2D eigenvalue weighted by molar-refractivity contribution is 6.30. The van der Waals surface area contributed by atoms with E-state index in [0.717, 1.165) is 16.5 Å². The molecule has 1 amide bonds. The van der Waals surface area contributed by atoms with Crippen LogP contribution in [0.3, 0.4) is 0 Å². The minimum Gasteiger partial charge on any atom is -0.497 e. The van der Waals surface area contributed by atoms with Crippen LogP contribution in [0.4, 0.5) is 4.39 Å². The summed E-state index contributed by atoms with van der Waals surface area (Å²) in [4.78, 5) is 17.1. The summed E-state index contributed by atoms with van der Waals surface area (Å²) in [5, 5.41) is 7.22. The lowest BCUT2D eigenvalue weighted by Gasteiger charge is -2.22. The van der Waals surface area contributed by atoms with Gasteiger partial charge in [0.05, 0.1) is 24.4 Å². The van der Waals surface area contributed by atoms with Gasteiger partial charge in [0, 0.05) is 29.9 Å². The first-order chi connectivity index (χ1) is 14.0. The largest absolute Gasteiger partial charge is 0.497 e. The molecule has 2 heterocycles. The molecule has 5 nitrogen and oxygen atoms in total. The Labute approximate surface area is 172 Å². The van der Waals surface area contributed by atoms with Crippen molar-refractivity contribution in [1.82, 2.24) is 9.99 Å². The first-order valence-electron chi connectivity index (χ1n) is 9.29. The summed E-state index contributed by atoms with van der Waals surface area (Å²) in [5.41, 5.74) is 2.93. The van der Waals surface area contributed by atoms with Gasteiger partial charge in [0.25, 0.3) is 0 Å². The smallest absolute Gasteiger partial charge is 0.242 e. The standard InChI is InChI=1S/C22H19ClFN3O2/c1-3-21(28)27-20(12-19(26-27)13-4-7-15(24)8-5-13)17-10-14-6-9-16(29-2)11-18(14)25-22(17)23/h4-11,20H,3,12H2,1-2H3. The molecular formula is C22H19ClFN3O2. The maximum Gasteiger partial charge on any atom is 0.242 e. The number of rotatable bonds is 4. The van der Waals surface area contributed by atoms with E-state index in [1.54, 1.807) is 26.2 Å². The summed E-state index contributed by atoms with van der Waals surface area (Å²) in [5.74, 6) is 0.264. The number of hydrogen-bond acceptors (Lipinski definition) is 4. The molecule has 0 N–H and O–H groups in total. The van der Waals surface area contributed by atoms with E-state index in [9.17, 15) is 9.18 Å². The highest BCUT2D eigenvalue weighted by atomic mass is 35.5. The number of hydrazone groups is 1. The van der Waals surface area contributed by atoms with Gasteiger partial charge in [-0.15, -0.1) is 0 Å². The molecule has 0 bridgehead atoms. The number of methoxy groups -OCH3 is 1. The molecule has 0 saturated carbocycles. The van der Waals surface area contributed by atoms with Crippen LogP contribution in [-0.2, 0) is 4.79 Å². The molecule has 1 aliphatic heterocycles. The summed E-state index contributed by atoms with van der Waals surface area (Å²) in [6.45, 7) is 1.79. The number of hydrogen-bond donors (Lipinski definition) is 0. The predicted molar refractivity (Wildman–Crippen MR) is 111 cm³/mol. The van der Waals surface area contributed by atoms with Crippen molar-refractivity contribution in [3.63, 3.8) is 0 Å². The van der Waals surface area contributed by atoms with Gasteiger partial charge in [-0.25, -0.2) is 14.4 Å². The Morgan fingerprint density at radius 3 is 2.69 bits per heavy atom. The molecule has 0 spiro atoms. The molecule has 3 aromatic rings. The highest BCUT2D eigenvalue weighted by Gasteiger charge is 2.34. The van der Waals surface area contributed by atoms with Crippen LogP contribution in [0.1, 0.15) is 36.9 Å². The quantitative estimate of drug-likeness (QED) is 0.559. The third-order valence-corrected chi connectivity index (χ3v) is 5.31. The number of fused-ring (bicyclic) bond motifs is 1. The fraction of sp³-hybridized carbons (Fsp3) is 0.227. The van der Waals surface area contributed by atoms with Crippen LogP contribution in [0, 0.1) is 5.82 Å². The van der Waals surface area contributed by atoms with Gasteiger partial charge in [0.1, 0.15) is 16.7 Å². The van der Waals surface area contributed by atoms with Crippen LogP contribution in [-0.4, -0.2) is 28.7 Å². The van der Waals surface area contributed by atoms with Gasteiger partial charge in [0.2, 0.25) is 5.91 Å². The molecule has 0 radical (unpaired) electrons. The second-order valence-electron chi connectivity index (χ2n) is 6.79. The van der Waals surface area contributed by atoms with Crippen LogP contribution in [0.15, 0.2) is 53.6 Å². The molecule has 0 saturated heterocycles. The van der Waals surface area contributed by atoms with Crippen molar-refractivity contribution in [2.24, 2.45) is 5.10 Å². The lowest BCUT2D eigenvalue weighted by Crippen LogP contribution is -2.26. The number of ether oxygens (including phenoxy) is 1. The Kier molecular flexibility index (Phi) is 5.20. The van der Waals surface area contributed by atoms with Crippen LogP contribution in [0.5, 0.6) is 5.75 Å². The van der Waals surface area contributed by atoms with Gasteiger partial charge in [-0.2, -0.15) is 5.10 Å². The van der Waals surface area contributed by atoms with E-state index in [2.05, 4.69) is 10.1 Å². The average Bonchev–Trinajstić information content (AvgIpc) is 3.17. The molecule has 4 rings (SSSR count). The van der Waals surface area contributed by atoms with Crippen molar-refractivity contribution in [3.05, 3.63) is 70.6 Å². The number of carbonyl (C=O) groups excluding carboxylic acids is 1. The first kappa shape index (κ1) is 19.3. The topological polar surface area (TPSA) is 54.8 Å². The summed E-state index contributed by atoms with van der Waals surface area (Å²) >= 11 is 6.52. The van der Waals surface area contributed by atoms with Gasteiger partial charge in [-0.3, -0.25) is 4.79 Å². The van der Waals surface area contributed by atoms with Crippen molar-refractivity contribution in [1.29, 1.82) is 0 Å². The normalized spacial score (nSPS) is 16.2. The molecule has 1 aliphatic rings. The minimum atomic E-state index is -0.367. The number of aromatic nitrogens is 1. The summed E-state index contributed by atoms with van der Waals surface area (Å²) in [7, 11) is 1.60. The molecule has 1 aromatic heterocycles. The molecule has 2 aromatic carbocycles. The Balaban J connectivity index is 1.75. The SMILES string of the molecule is CCC(=O)N1N=C(c2ccc(F)cc2)CC1c1cc2ccc(OC)cc2nc1Cl. The Morgan fingerprint density at radius 2 is 2.00 bits per heavy atom. The van der Waals surface area contributed by atoms with E-state index in [-0.39, 0.29) is 17.8 Å². The van der Waals surface area contributed by atoms with Gasteiger partial charge >= 0.3 is 0 Å². The molecule has 29 heavy (non-hydrogen) atoms. The third-order valence-electron chi connectivity index (χ3n) is 5.01. The van der Waals surface area contributed by atoms with Gasteiger partial charge < -0.3 is 4.74 Å². The molecular weight excluding hydrogens is 393 g/mol. The maximum absolute atomic E-state index is 13.3. The van der Waals surface area contributed by atoms with Gasteiger partial charge in [0.15, 0.2) is 0 Å². The first-order valence-corrected chi connectivity index (χ1v) is 9.67. The number of pyridine rings is 1. The fourth-order valence-corrected chi connectivity index (χ4v) is 3.73. The van der Waals surface area contributed by atoms with Crippen LogP contribution in [0.25, 0.3) is 10.9 Å². The Hall–Kier alpha value is -2.99. The summed E-state index contributed by atoms with van der Waals surface area (Å²) in [6.07, 6.45) is 0.785. The Bertz CT molecular complexity index is 1110. The zero-order chi connectivity index (χ0) is 20.5. The second kappa shape index (κ2) is 7.79. The lowest BCUT2D eigenvalue weighted by atomic mass is 9.98. The lowest BCUT2D eigenvalue weighted by molar-refractivity contribution is -0.132. The fourth-order valence-electron chi connectivity index (χ4n) is 3.46. The number of nitrogens with zero attached hydrogens (tertiary/aromatic N) is 3. The molecule has 1 unspecified atom stereocenters. The number of halogens is 2. The number of carbonyl (C=O) groups is 1. The minimum absolute atomic E-state index is 0.113. The predicted octanol–water partition coefficient (Wildman–Crippen LogP) is 5.12. The van der Waals surface area contributed by atoms with Gasteiger partial charge in [-0.05, 0) is 35.9 Å². The van der Waals surface area contributed by atoms with E-state index < -0.39 is 0 Å². The third kappa shape index (κ3) is 3.68. The number of benzene rings is 2. The second-order valence-corrected chi connectivity index (χ2v) is 7.15. The van der Waals surface area contributed by atoms with Crippen LogP contribution in [0.2, 0.25) is 5.15 Å². The monoisotopic (exact) mass is 411 g/mol. The summed E-state index contributed by atoms with van der Waals surface area (Å²) < 4.78 is 18.5. The highest BCUT2D eigenvalue weighted by Crippen LogP contribution is 2.37. The summed E-state index contributed by atoms with van der Waals surface area (Å²) in [6, 6.07) is 13.2. The van der Waals surface area contributed by atoms with E-state index in [1.807, 2.05) is 24.3 Å². The van der Waals surface area contributed by atoms with E-state index >= 15 is 0 Å². The van der Waals surface area contributed by atoms with E-state index in [4.69, 9.17) is 16.3 Å². The van der Waals surface area contributed by atoms with E-state index in [1.165, 1.54) is 17.1 Å². The van der Waals surface area contributed by atoms with Crippen LogP contribution >= 0.6 is 11.6 Å². The molecule has 148 valence electrons. The van der Waals surface area contributed by atoms with Crippen molar-refractivity contribution < 1.29 is 13.9 Å². The van der Waals surface area contributed by atoms with Crippen molar-refractivity contribution >= 4 is 34.1 Å². The average molecular weight is 412 g/mol.